The molecule has 0 amide bonds. The first-order chi connectivity index (χ1) is 7.74. The van der Waals surface area contributed by atoms with Gasteiger partial charge in [0.25, 0.3) is 0 Å². The van der Waals surface area contributed by atoms with Gasteiger partial charge in [0.1, 0.15) is 0 Å². The molecule has 0 heterocycles. The predicted molar refractivity (Wildman–Crippen MR) is 75.3 cm³/mol. The molecular weight excluding hydrogens is 213 g/mol. The van der Waals surface area contributed by atoms with Crippen molar-refractivity contribution in [3.05, 3.63) is 72.9 Å². The molecule has 0 fully saturated rings. The molecule has 1 rings (SSSR count). The maximum absolute atomic E-state index is 3.99. The van der Waals surface area contributed by atoms with Crippen LogP contribution in [-0.2, 0) is 6.54 Å². The predicted octanol–water partition coefficient (Wildman–Crippen LogP) is 3.28. The van der Waals surface area contributed by atoms with Gasteiger partial charge in [0.05, 0.1) is 0 Å². The molecule has 0 spiro atoms. The van der Waals surface area contributed by atoms with Crippen LogP contribution < -0.4 is 5.32 Å². The van der Waals surface area contributed by atoms with Crippen LogP contribution in [0, 0.1) is 0 Å². The van der Waals surface area contributed by atoms with Crippen LogP contribution in [0.2, 0.25) is 0 Å². The highest BCUT2D eigenvalue weighted by Gasteiger charge is 2.02. The molecule has 0 aliphatic carbocycles. The molecule has 0 saturated carbocycles. The zero-order chi connectivity index (χ0) is 11.8. The average molecular weight is 231 g/mol. The smallest absolute Gasteiger partial charge is 0.0460 e. The van der Waals surface area contributed by atoms with Crippen LogP contribution in [0.4, 0.5) is 0 Å². The summed E-state index contributed by atoms with van der Waals surface area (Å²) in [6, 6.07) is 10.3. The number of hydrogen-bond donors (Lipinski definition) is 1. The molecule has 2 heteroatoms. The fourth-order valence-electron chi connectivity index (χ4n) is 1.25. The van der Waals surface area contributed by atoms with E-state index in [-0.39, 0.29) is 5.78 Å². The summed E-state index contributed by atoms with van der Waals surface area (Å²) in [6.45, 7) is 8.46. The van der Waals surface area contributed by atoms with Crippen LogP contribution >= 0.6 is 9.24 Å². The molecule has 16 heavy (non-hydrogen) atoms. The van der Waals surface area contributed by atoms with Crippen molar-refractivity contribution in [3.63, 3.8) is 0 Å². The summed E-state index contributed by atoms with van der Waals surface area (Å²) in [5.74, 6) is 0.191. The van der Waals surface area contributed by atoms with Gasteiger partial charge in [-0.3, -0.25) is 0 Å². The molecule has 84 valence electrons. The number of nitrogens with one attached hydrogen (secondary N) is 1. The van der Waals surface area contributed by atoms with Crippen LogP contribution in [0.1, 0.15) is 5.56 Å². The van der Waals surface area contributed by atoms with E-state index >= 15 is 0 Å². The van der Waals surface area contributed by atoms with Crippen molar-refractivity contribution >= 4 is 9.24 Å². The largest absolute Gasteiger partial charge is 0.303 e. The number of rotatable bonds is 6. The summed E-state index contributed by atoms with van der Waals surface area (Å²) in [5.41, 5.74) is 2.30. The first-order valence-electron chi connectivity index (χ1n) is 5.25. The summed E-state index contributed by atoms with van der Waals surface area (Å²) in [5, 5.41) is 3.39. The highest BCUT2D eigenvalue weighted by Crippen LogP contribution is 2.10. The van der Waals surface area contributed by atoms with Gasteiger partial charge < -0.3 is 5.32 Å². The van der Waals surface area contributed by atoms with E-state index in [9.17, 15) is 0 Å². The standard InChI is InChI=1S/C14H18NP/c1-3-4-8-12(2)14(16)15-11-13-9-6-5-7-10-13/h3-10,14-15H,1-2,11,16H2/b8-4-. The van der Waals surface area contributed by atoms with Gasteiger partial charge in [0.15, 0.2) is 0 Å². The lowest BCUT2D eigenvalue weighted by Crippen LogP contribution is -2.23. The molecule has 0 aliphatic heterocycles. The molecule has 2 unspecified atom stereocenters. The lowest BCUT2D eigenvalue weighted by molar-refractivity contribution is 0.712. The van der Waals surface area contributed by atoms with Gasteiger partial charge in [0, 0.05) is 12.3 Å². The Morgan fingerprint density at radius 3 is 2.69 bits per heavy atom. The van der Waals surface area contributed by atoms with E-state index in [1.165, 1.54) is 5.56 Å². The van der Waals surface area contributed by atoms with Gasteiger partial charge in [-0.15, -0.1) is 9.24 Å². The minimum Gasteiger partial charge on any atom is -0.303 e. The van der Waals surface area contributed by atoms with E-state index in [0.29, 0.717) is 0 Å². The van der Waals surface area contributed by atoms with E-state index in [0.717, 1.165) is 12.1 Å². The fraction of sp³-hybridized carbons (Fsp3) is 0.143. The van der Waals surface area contributed by atoms with Gasteiger partial charge in [-0.1, -0.05) is 61.7 Å². The quantitative estimate of drug-likeness (QED) is 0.585. The topological polar surface area (TPSA) is 12.0 Å². The zero-order valence-corrected chi connectivity index (χ0v) is 10.5. The Labute approximate surface area is 100 Å². The molecule has 2 atom stereocenters. The van der Waals surface area contributed by atoms with E-state index < -0.39 is 0 Å². The Hall–Kier alpha value is -1.17. The van der Waals surface area contributed by atoms with Gasteiger partial charge in [-0.25, -0.2) is 0 Å². The molecule has 1 aromatic rings. The molecule has 0 radical (unpaired) electrons. The second kappa shape index (κ2) is 7.16. The minimum atomic E-state index is 0.191. The molecule has 0 saturated heterocycles. The molecule has 1 N–H and O–H groups in total. The summed E-state index contributed by atoms with van der Waals surface area (Å²) in [6.07, 6.45) is 5.60. The third kappa shape index (κ3) is 4.57. The van der Waals surface area contributed by atoms with Crippen LogP contribution in [0.25, 0.3) is 0 Å². The SMILES string of the molecule is C=C/C=C\C(=C)C(P)NCc1ccccc1. The summed E-state index contributed by atoms with van der Waals surface area (Å²) < 4.78 is 0. The number of hydrogen-bond acceptors (Lipinski definition) is 1. The van der Waals surface area contributed by atoms with Crippen LogP contribution in [-0.4, -0.2) is 5.78 Å². The lowest BCUT2D eigenvalue weighted by atomic mass is 10.2. The van der Waals surface area contributed by atoms with Gasteiger partial charge in [0.2, 0.25) is 0 Å². The highest BCUT2D eigenvalue weighted by molar-refractivity contribution is 7.18. The van der Waals surface area contributed by atoms with E-state index in [1.54, 1.807) is 6.08 Å². The molecule has 1 nitrogen and oxygen atoms in total. The van der Waals surface area contributed by atoms with Crippen LogP contribution in [0.5, 0.6) is 0 Å². The third-order valence-corrected chi connectivity index (χ3v) is 2.88. The Morgan fingerprint density at radius 1 is 1.38 bits per heavy atom. The summed E-state index contributed by atoms with van der Waals surface area (Å²) in [4.78, 5) is 0. The molecule has 0 aromatic heterocycles. The summed E-state index contributed by atoms with van der Waals surface area (Å²) in [7, 11) is 2.74. The van der Waals surface area contributed by atoms with Crippen LogP contribution in [0.3, 0.4) is 0 Å². The molecule has 1 aromatic carbocycles. The minimum absolute atomic E-state index is 0.191. The second-order valence-corrected chi connectivity index (χ2v) is 4.18. The van der Waals surface area contributed by atoms with E-state index in [2.05, 4.69) is 39.8 Å². The first kappa shape index (κ1) is 12.9. The van der Waals surface area contributed by atoms with Crippen molar-refractivity contribution in [2.75, 3.05) is 0 Å². The summed E-state index contributed by atoms with van der Waals surface area (Å²) >= 11 is 0. The van der Waals surface area contributed by atoms with Gasteiger partial charge >= 0.3 is 0 Å². The van der Waals surface area contributed by atoms with E-state index in [1.807, 2.05) is 30.4 Å². The Bertz CT molecular complexity index is 368. The van der Waals surface area contributed by atoms with Gasteiger partial charge in [-0.2, -0.15) is 0 Å². The Kier molecular flexibility index (Phi) is 5.77. The van der Waals surface area contributed by atoms with Crippen molar-refractivity contribution in [1.29, 1.82) is 0 Å². The maximum Gasteiger partial charge on any atom is 0.0460 e. The maximum atomic E-state index is 3.99. The number of allylic oxidation sites excluding steroid dienone is 2. The first-order valence-corrected chi connectivity index (χ1v) is 5.91. The van der Waals surface area contributed by atoms with Crippen molar-refractivity contribution in [3.8, 4) is 0 Å². The number of benzene rings is 1. The zero-order valence-electron chi connectivity index (χ0n) is 9.39. The fourth-order valence-corrected chi connectivity index (χ4v) is 1.48. The van der Waals surface area contributed by atoms with E-state index in [4.69, 9.17) is 0 Å². The third-order valence-electron chi connectivity index (χ3n) is 2.21. The van der Waals surface area contributed by atoms with Crippen molar-refractivity contribution in [1.82, 2.24) is 5.32 Å². The van der Waals surface area contributed by atoms with Crippen molar-refractivity contribution < 1.29 is 0 Å². The molecular formula is C14H18NP. The monoisotopic (exact) mass is 231 g/mol. The highest BCUT2D eigenvalue weighted by atomic mass is 31.0. The molecule has 0 aliphatic rings. The molecule has 0 bridgehead atoms. The normalized spacial score (nSPS) is 12.6. The van der Waals surface area contributed by atoms with Crippen LogP contribution in [0.15, 0.2) is 67.3 Å². The van der Waals surface area contributed by atoms with Gasteiger partial charge in [-0.05, 0) is 11.1 Å². The average Bonchev–Trinajstić information content (AvgIpc) is 2.34. The van der Waals surface area contributed by atoms with Crippen molar-refractivity contribution in [2.45, 2.75) is 12.3 Å². The van der Waals surface area contributed by atoms with Crippen molar-refractivity contribution in [2.24, 2.45) is 0 Å². The lowest BCUT2D eigenvalue weighted by Gasteiger charge is -2.13. The second-order valence-electron chi connectivity index (χ2n) is 3.51. The Morgan fingerprint density at radius 2 is 2.06 bits per heavy atom. The Balaban J connectivity index is 2.41.